The first-order valence-corrected chi connectivity index (χ1v) is 8.81. The Morgan fingerprint density at radius 2 is 1.96 bits per heavy atom. The molecule has 0 bridgehead atoms. The van der Waals surface area contributed by atoms with E-state index in [-0.39, 0.29) is 18.0 Å². The first-order chi connectivity index (χ1) is 12.6. The second-order valence-electron chi connectivity index (χ2n) is 6.62. The molecule has 5 nitrogen and oxygen atoms in total. The van der Waals surface area contributed by atoms with Gasteiger partial charge in [0.25, 0.3) is 5.91 Å². The number of amides is 1. The molecule has 1 amide bonds. The summed E-state index contributed by atoms with van der Waals surface area (Å²) in [5, 5.41) is 7.66. The second-order valence-corrected chi connectivity index (χ2v) is 6.62. The molecule has 0 saturated carbocycles. The van der Waals surface area contributed by atoms with E-state index in [2.05, 4.69) is 36.4 Å². The predicted molar refractivity (Wildman–Crippen MR) is 103 cm³/mol. The molecule has 2 aromatic rings. The van der Waals surface area contributed by atoms with Crippen LogP contribution < -0.4 is 0 Å². The summed E-state index contributed by atoms with van der Waals surface area (Å²) in [6.45, 7) is 9.86. The maximum Gasteiger partial charge on any atom is 0.254 e. The molecular formula is C21H24N4O. The van der Waals surface area contributed by atoms with Crippen LogP contribution in [0.2, 0.25) is 0 Å². The number of rotatable bonds is 6. The molecule has 3 rings (SSSR count). The number of hydrogen-bond donors (Lipinski definition) is 0. The number of benzene rings is 1. The Kier molecular flexibility index (Phi) is 5.46. The Balaban J connectivity index is 1.96. The number of aromatic nitrogens is 3. The topological polar surface area (TPSA) is 51.0 Å². The van der Waals surface area contributed by atoms with Crippen molar-refractivity contribution < 1.29 is 4.79 Å². The lowest BCUT2D eigenvalue weighted by Crippen LogP contribution is -2.48. The van der Waals surface area contributed by atoms with Crippen LogP contribution in [-0.4, -0.2) is 37.7 Å². The zero-order valence-corrected chi connectivity index (χ0v) is 15.1. The minimum Gasteiger partial charge on any atom is -0.328 e. The van der Waals surface area contributed by atoms with Crippen molar-refractivity contribution in [2.45, 2.75) is 38.3 Å². The summed E-state index contributed by atoms with van der Waals surface area (Å²) in [5.41, 5.74) is 2.84. The summed E-state index contributed by atoms with van der Waals surface area (Å²) in [6, 6.07) is 7.71. The van der Waals surface area contributed by atoms with Crippen LogP contribution in [0.5, 0.6) is 0 Å². The normalized spacial score (nSPS) is 19.7. The van der Waals surface area contributed by atoms with Gasteiger partial charge in [-0.25, -0.2) is 0 Å². The molecule has 5 heteroatoms. The molecule has 26 heavy (non-hydrogen) atoms. The van der Waals surface area contributed by atoms with Gasteiger partial charge >= 0.3 is 0 Å². The summed E-state index contributed by atoms with van der Waals surface area (Å²) < 4.78 is 1.79. The Hall–Kier alpha value is -2.95. The van der Waals surface area contributed by atoms with E-state index in [1.165, 1.54) is 5.57 Å². The van der Waals surface area contributed by atoms with Gasteiger partial charge in [-0.05, 0) is 44.4 Å². The minimum atomic E-state index is 0.0252. The average Bonchev–Trinajstić information content (AvgIpc) is 3.16. The number of carbonyl (C=O) groups excluding carboxylic acids is 1. The molecule has 1 aromatic carbocycles. The lowest BCUT2D eigenvalue weighted by molar-refractivity contribution is 0.0601. The fraction of sp³-hybridized carbons (Fsp3) is 0.286. The van der Waals surface area contributed by atoms with E-state index in [1.807, 2.05) is 41.3 Å². The number of hydrogen-bond acceptors (Lipinski definition) is 3. The average molecular weight is 348 g/mol. The van der Waals surface area contributed by atoms with Gasteiger partial charge in [-0.2, -0.15) is 0 Å². The molecule has 1 aliphatic rings. The lowest BCUT2D eigenvalue weighted by Gasteiger charge is -2.40. The summed E-state index contributed by atoms with van der Waals surface area (Å²) in [6.07, 6.45) is 11.6. The van der Waals surface area contributed by atoms with Crippen molar-refractivity contribution in [1.82, 2.24) is 19.7 Å². The van der Waals surface area contributed by atoms with Gasteiger partial charge in [-0.15, -0.1) is 23.4 Å². The Bertz CT molecular complexity index is 822. The molecule has 2 unspecified atom stereocenters. The van der Waals surface area contributed by atoms with E-state index >= 15 is 0 Å². The minimum absolute atomic E-state index is 0.0252. The fourth-order valence-electron chi connectivity index (χ4n) is 3.56. The highest BCUT2D eigenvalue weighted by atomic mass is 16.2. The molecule has 134 valence electrons. The van der Waals surface area contributed by atoms with E-state index in [4.69, 9.17) is 0 Å². The van der Waals surface area contributed by atoms with Gasteiger partial charge in [0.15, 0.2) is 0 Å². The van der Waals surface area contributed by atoms with Crippen molar-refractivity contribution in [3.8, 4) is 5.69 Å². The predicted octanol–water partition coefficient (Wildman–Crippen LogP) is 3.95. The van der Waals surface area contributed by atoms with Crippen LogP contribution in [0, 0.1) is 0 Å². The van der Waals surface area contributed by atoms with Crippen LogP contribution in [0.4, 0.5) is 0 Å². The van der Waals surface area contributed by atoms with Crippen molar-refractivity contribution >= 4 is 5.91 Å². The van der Waals surface area contributed by atoms with Gasteiger partial charge in [-0.1, -0.05) is 29.9 Å². The standard InChI is InChI=1S/C21H24N4O/c1-4-7-19-11-16(3)12-20(8-5-2)25(19)21(26)17-9-6-10-18(13-17)24-14-22-23-15-24/h4-6,9-11,13-15,19-20H,1-2,7-8,12H2,3H3. The maximum atomic E-state index is 13.4. The Morgan fingerprint density at radius 3 is 2.65 bits per heavy atom. The molecule has 2 heterocycles. The monoisotopic (exact) mass is 348 g/mol. The maximum absolute atomic E-state index is 13.4. The first kappa shape index (κ1) is 17.9. The van der Waals surface area contributed by atoms with Crippen LogP contribution in [0.25, 0.3) is 5.69 Å². The third-order valence-corrected chi connectivity index (χ3v) is 4.68. The smallest absolute Gasteiger partial charge is 0.254 e. The van der Waals surface area contributed by atoms with Gasteiger partial charge in [0.05, 0.1) is 6.04 Å². The summed E-state index contributed by atoms with van der Waals surface area (Å²) in [7, 11) is 0. The third kappa shape index (κ3) is 3.67. The zero-order valence-electron chi connectivity index (χ0n) is 15.1. The quantitative estimate of drug-likeness (QED) is 0.743. The van der Waals surface area contributed by atoms with Crippen LogP contribution in [-0.2, 0) is 0 Å². The van der Waals surface area contributed by atoms with E-state index < -0.39 is 0 Å². The van der Waals surface area contributed by atoms with Gasteiger partial charge in [0, 0.05) is 17.3 Å². The molecule has 1 aliphatic heterocycles. The molecular weight excluding hydrogens is 324 g/mol. The van der Waals surface area contributed by atoms with Crippen molar-refractivity contribution in [3.05, 3.63) is 79.4 Å². The number of nitrogens with zero attached hydrogens (tertiary/aromatic N) is 4. The molecule has 0 fully saturated rings. The Labute approximate surface area is 154 Å². The third-order valence-electron chi connectivity index (χ3n) is 4.68. The summed E-state index contributed by atoms with van der Waals surface area (Å²) >= 11 is 0. The van der Waals surface area contributed by atoms with Crippen molar-refractivity contribution in [3.63, 3.8) is 0 Å². The van der Waals surface area contributed by atoms with E-state index in [1.54, 1.807) is 17.2 Å². The number of carbonyl (C=O) groups is 1. The molecule has 1 aromatic heterocycles. The molecule has 0 saturated heterocycles. The summed E-state index contributed by atoms with van der Waals surface area (Å²) in [5.74, 6) is 0.0300. The van der Waals surface area contributed by atoms with Crippen LogP contribution in [0.1, 0.15) is 36.5 Å². The van der Waals surface area contributed by atoms with Gasteiger partial charge in [0.1, 0.15) is 12.7 Å². The highest BCUT2D eigenvalue weighted by molar-refractivity contribution is 5.95. The van der Waals surface area contributed by atoms with Crippen molar-refractivity contribution in [2.24, 2.45) is 0 Å². The molecule has 2 atom stereocenters. The van der Waals surface area contributed by atoms with Crippen LogP contribution >= 0.6 is 0 Å². The van der Waals surface area contributed by atoms with Gasteiger partial charge in [-0.3, -0.25) is 9.36 Å². The van der Waals surface area contributed by atoms with Crippen LogP contribution in [0.15, 0.2) is 73.9 Å². The largest absolute Gasteiger partial charge is 0.328 e. The van der Waals surface area contributed by atoms with Crippen molar-refractivity contribution in [1.29, 1.82) is 0 Å². The highest BCUT2D eigenvalue weighted by Crippen LogP contribution is 2.29. The summed E-state index contributed by atoms with van der Waals surface area (Å²) in [4.78, 5) is 15.4. The Morgan fingerprint density at radius 1 is 1.23 bits per heavy atom. The van der Waals surface area contributed by atoms with Crippen LogP contribution in [0.3, 0.4) is 0 Å². The molecule has 0 radical (unpaired) electrons. The fourth-order valence-corrected chi connectivity index (χ4v) is 3.56. The highest BCUT2D eigenvalue weighted by Gasteiger charge is 2.32. The van der Waals surface area contributed by atoms with Crippen molar-refractivity contribution in [2.75, 3.05) is 0 Å². The molecule has 0 spiro atoms. The van der Waals surface area contributed by atoms with E-state index in [0.29, 0.717) is 5.56 Å². The molecule has 0 aliphatic carbocycles. The molecule has 0 N–H and O–H groups in total. The van der Waals surface area contributed by atoms with Gasteiger partial charge < -0.3 is 4.90 Å². The SMILES string of the molecule is C=CCC1C=C(C)CC(CC=C)N1C(=O)c1cccc(-n2cnnc2)c1. The second kappa shape index (κ2) is 7.95. The van der Waals surface area contributed by atoms with E-state index in [9.17, 15) is 4.79 Å². The van der Waals surface area contributed by atoms with Gasteiger partial charge in [0.2, 0.25) is 0 Å². The zero-order chi connectivity index (χ0) is 18.5. The van der Waals surface area contributed by atoms with E-state index in [0.717, 1.165) is 24.9 Å². The lowest BCUT2D eigenvalue weighted by atomic mass is 9.91. The first-order valence-electron chi connectivity index (χ1n) is 8.81.